The van der Waals surface area contributed by atoms with Gasteiger partial charge in [0.1, 0.15) is 0 Å². The zero-order valence-electron chi connectivity index (χ0n) is 11.4. The SMILES string of the molecule is CCCCN(C)Cc1cc2c(n1C)CCC=C2. The second-order valence-electron chi connectivity index (χ2n) is 5.13. The Balaban J connectivity index is 2.06. The molecule has 0 amide bonds. The summed E-state index contributed by atoms with van der Waals surface area (Å²) >= 11 is 0. The molecule has 1 aliphatic carbocycles. The molecule has 0 atom stereocenters. The predicted octanol–water partition coefficient (Wildman–Crippen LogP) is 3.22. The molecule has 0 bridgehead atoms. The van der Waals surface area contributed by atoms with E-state index in [0.29, 0.717) is 0 Å². The Morgan fingerprint density at radius 3 is 2.94 bits per heavy atom. The van der Waals surface area contributed by atoms with E-state index in [4.69, 9.17) is 0 Å². The average molecular weight is 232 g/mol. The van der Waals surface area contributed by atoms with Crippen LogP contribution in [0.1, 0.15) is 43.1 Å². The molecule has 1 aromatic rings. The zero-order chi connectivity index (χ0) is 12.3. The van der Waals surface area contributed by atoms with Crippen molar-refractivity contribution in [2.75, 3.05) is 13.6 Å². The lowest BCUT2D eigenvalue weighted by molar-refractivity contribution is 0.313. The molecule has 17 heavy (non-hydrogen) atoms. The predicted molar refractivity (Wildman–Crippen MR) is 74.0 cm³/mol. The van der Waals surface area contributed by atoms with Crippen LogP contribution in [0.4, 0.5) is 0 Å². The van der Waals surface area contributed by atoms with E-state index < -0.39 is 0 Å². The van der Waals surface area contributed by atoms with E-state index in [1.807, 2.05) is 0 Å². The number of fused-ring (bicyclic) bond motifs is 1. The Labute approximate surface area is 105 Å². The van der Waals surface area contributed by atoms with Crippen LogP contribution in [0.25, 0.3) is 6.08 Å². The van der Waals surface area contributed by atoms with Gasteiger partial charge in [-0.2, -0.15) is 0 Å². The van der Waals surface area contributed by atoms with E-state index in [9.17, 15) is 0 Å². The van der Waals surface area contributed by atoms with Gasteiger partial charge in [0.2, 0.25) is 0 Å². The molecule has 0 saturated carbocycles. The molecule has 0 unspecified atom stereocenters. The molecule has 0 spiro atoms. The van der Waals surface area contributed by atoms with E-state index in [1.165, 1.54) is 49.2 Å². The lowest BCUT2D eigenvalue weighted by Gasteiger charge is -2.17. The van der Waals surface area contributed by atoms with Gasteiger partial charge in [-0.25, -0.2) is 0 Å². The number of allylic oxidation sites excluding steroid dienone is 1. The smallest absolute Gasteiger partial charge is 0.0384 e. The van der Waals surface area contributed by atoms with Gasteiger partial charge in [-0.05, 0) is 44.5 Å². The van der Waals surface area contributed by atoms with E-state index in [-0.39, 0.29) is 0 Å². The van der Waals surface area contributed by atoms with Gasteiger partial charge in [-0.3, -0.25) is 0 Å². The number of rotatable bonds is 5. The third-order valence-electron chi connectivity index (χ3n) is 3.66. The van der Waals surface area contributed by atoms with Crippen molar-refractivity contribution in [2.45, 2.75) is 39.2 Å². The number of hydrogen-bond acceptors (Lipinski definition) is 1. The third-order valence-corrected chi connectivity index (χ3v) is 3.66. The van der Waals surface area contributed by atoms with Gasteiger partial charge in [0.25, 0.3) is 0 Å². The monoisotopic (exact) mass is 232 g/mol. The van der Waals surface area contributed by atoms with Crippen LogP contribution in [0.3, 0.4) is 0 Å². The van der Waals surface area contributed by atoms with Gasteiger partial charge in [0.05, 0.1) is 0 Å². The Bertz CT molecular complexity index is 401. The van der Waals surface area contributed by atoms with Crippen LogP contribution in [-0.2, 0) is 20.0 Å². The van der Waals surface area contributed by atoms with Crippen LogP contribution >= 0.6 is 0 Å². The van der Waals surface area contributed by atoms with Crippen molar-refractivity contribution < 1.29 is 0 Å². The first-order valence-corrected chi connectivity index (χ1v) is 6.75. The first kappa shape index (κ1) is 12.4. The van der Waals surface area contributed by atoms with Gasteiger partial charge in [-0.15, -0.1) is 0 Å². The Morgan fingerprint density at radius 1 is 1.41 bits per heavy atom. The normalized spacial score (nSPS) is 14.4. The highest BCUT2D eigenvalue weighted by molar-refractivity contribution is 5.56. The lowest BCUT2D eigenvalue weighted by Crippen LogP contribution is -2.20. The summed E-state index contributed by atoms with van der Waals surface area (Å²) in [6.07, 6.45) is 9.51. The number of aromatic nitrogens is 1. The fourth-order valence-corrected chi connectivity index (χ4v) is 2.55. The molecule has 1 aliphatic rings. The standard InChI is InChI=1S/C15H24N2/c1-4-5-10-16(2)12-14-11-13-8-6-7-9-15(13)17(14)3/h6,8,11H,4-5,7,9-10,12H2,1-3H3. The fourth-order valence-electron chi connectivity index (χ4n) is 2.55. The second-order valence-corrected chi connectivity index (χ2v) is 5.13. The molecule has 2 nitrogen and oxygen atoms in total. The minimum atomic E-state index is 1.07. The van der Waals surface area contributed by atoms with Crippen molar-refractivity contribution in [1.82, 2.24) is 9.47 Å². The van der Waals surface area contributed by atoms with Crippen molar-refractivity contribution in [2.24, 2.45) is 7.05 Å². The number of hydrogen-bond donors (Lipinski definition) is 0. The van der Waals surface area contributed by atoms with Gasteiger partial charge in [-0.1, -0.05) is 25.5 Å². The number of unbranched alkanes of at least 4 members (excludes halogenated alkanes) is 1. The van der Waals surface area contributed by atoms with E-state index in [0.717, 1.165) is 6.54 Å². The van der Waals surface area contributed by atoms with Crippen molar-refractivity contribution in [3.63, 3.8) is 0 Å². The second kappa shape index (κ2) is 5.54. The minimum Gasteiger partial charge on any atom is -0.350 e. The highest BCUT2D eigenvalue weighted by Crippen LogP contribution is 2.23. The lowest BCUT2D eigenvalue weighted by atomic mass is 10.1. The summed E-state index contributed by atoms with van der Waals surface area (Å²) in [5.41, 5.74) is 4.38. The quantitative estimate of drug-likeness (QED) is 0.757. The maximum atomic E-state index is 2.42. The molecule has 2 rings (SSSR count). The molecule has 1 aromatic heterocycles. The van der Waals surface area contributed by atoms with Crippen molar-refractivity contribution in [3.8, 4) is 0 Å². The largest absolute Gasteiger partial charge is 0.350 e. The summed E-state index contributed by atoms with van der Waals surface area (Å²) in [7, 11) is 4.43. The van der Waals surface area contributed by atoms with Gasteiger partial charge in [0.15, 0.2) is 0 Å². The molecule has 0 saturated heterocycles. The molecule has 0 fully saturated rings. The van der Waals surface area contributed by atoms with Crippen LogP contribution in [0.15, 0.2) is 12.1 Å². The van der Waals surface area contributed by atoms with Crippen molar-refractivity contribution in [3.05, 3.63) is 29.1 Å². The molecule has 94 valence electrons. The first-order chi connectivity index (χ1) is 8.22. The van der Waals surface area contributed by atoms with Crippen LogP contribution in [-0.4, -0.2) is 23.1 Å². The number of nitrogens with zero attached hydrogens (tertiary/aromatic N) is 2. The van der Waals surface area contributed by atoms with Crippen molar-refractivity contribution >= 4 is 6.08 Å². The minimum absolute atomic E-state index is 1.07. The summed E-state index contributed by atoms with van der Waals surface area (Å²) in [4.78, 5) is 2.42. The van der Waals surface area contributed by atoms with Crippen LogP contribution < -0.4 is 0 Å². The molecule has 0 aliphatic heterocycles. The first-order valence-electron chi connectivity index (χ1n) is 6.75. The summed E-state index contributed by atoms with van der Waals surface area (Å²) in [5, 5.41) is 0. The van der Waals surface area contributed by atoms with Crippen LogP contribution in [0.2, 0.25) is 0 Å². The Morgan fingerprint density at radius 2 is 2.24 bits per heavy atom. The van der Waals surface area contributed by atoms with Crippen LogP contribution in [0, 0.1) is 0 Å². The maximum Gasteiger partial charge on any atom is 0.0384 e. The fraction of sp³-hybridized carbons (Fsp3) is 0.600. The molecule has 0 aromatic carbocycles. The van der Waals surface area contributed by atoms with Gasteiger partial charge >= 0.3 is 0 Å². The van der Waals surface area contributed by atoms with Gasteiger partial charge < -0.3 is 9.47 Å². The molecule has 0 N–H and O–H groups in total. The van der Waals surface area contributed by atoms with Crippen LogP contribution in [0.5, 0.6) is 0 Å². The highest BCUT2D eigenvalue weighted by atomic mass is 15.1. The van der Waals surface area contributed by atoms with Crippen molar-refractivity contribution in [1.29, 1.82) is 0 Å². The molecule has 1 heterocycles. The van der Waals surface area contributed by atoms with E-state index in [2.05, 4.69) is 48.7 Å². The summed E-state index contributed by atoms with van der Waals surface area (Å²) < 4.78 is 2.39. The van der Waals surface area contributed by atoms with E-state index in [1.54, 1.807) is 0 Å². The maximum absolute atomic E-state index is 2.42. The molecular formula is C15H24N2. The zero-order valence-corrected chi connectivity index (χ0v) is 11.4. The molecule has 0 radical (unpaired) electrons. The summed E-state index contributed by atoms with van der Waals surface area (Å²) in [6, 6.07) is 2.35. The topological polar surface area (TPSA) is 8.17 Å². The third kappa shape index (κ3) is 2.81. The van der Waals surface area contributed by atoms with E-state index >= 15 is 0 Å². The molecule has 2 heteroatoms. The average Bonchev–Trinajstić information content (AvgIpc) is 2.64. The molecular weight excluding hydrogens is 208 g/mol. The highest BCUT2D eigenvalue weighted by Gasteiger charge is 2.13. The summed E-state index contributed by atoms with van der Waals surface area (Å²) in [5.74, 6) is 0. The Kier molecular flexibility index (Phi) is 4.06. The Hall–Kier alpha value is -1.02. The summed E-state index contributed by atoms with van der Waals surface area (Å²) in [6.45, 7) is 4.51. The van der Waals surface area contributed by atoms with Gasteiger partial charge in [0, 0.05) is 25.0 Å².